The van der Waals surface area contributed by atoms with Crippen LogP contribution < -0.4 is 10.0 Å². The van der Waals surface area contributed by atoms with E-state index in [1.807, 2.05) is 6.92 Å². The Bertz CT molecular complexity index is 802. The number of benzene rings is 2. The van der Waals surface area contributed by atoms with Crippen molar-refractivity contribution in [3.05, 3.63) is 53.8 Å². The van der Waals surface area contributed by atoms with Gasteiger partial charge in [0.15, 0.2) is 0 Å². The number of halogens is 1. The zero-order valence-corrected chi connectivity index (χ0v) is 12.9. The predicted molar refractivity (Wildman–Crippen MR) is 82.7 cm³/mol. The van der Waals surface area contributed by atoms with Crippen molar-refractivity contribution >= 4 is 27.3 Å². The highest BCUT2D eigenvalue weighted by Gasteiger charge is 2.17. The Kier molecular flexibility index (Phi) is 4.46. The van der Waals surface area contributed by atoms with Gasteiger partial charge in [-0.3, -0.25) is 9.52 Å². The average molecular weight is 322 g/mol. The van der Waals surface area contributed by atoms with E-state index in [4.69, 9.17) is 0 Å². The van der Waals surface area contributed by atoms with Crippen LogP contribution >= 0.6 is 0 Å². The van der Waals surface area contributed by atoms with Crippen LogP contribution in [0.2, 0.25) is 0 Å². The monoisotopic (exact) mass is 322 g/mol. The van der Waals surface area contributed by atoms with E-state index in [-0.39, 0.29) is 22.2 Å². The minimum atomic E-state index is -3.87. The Hall–Kier alpha value is -2.41. The van der Waals surface area contributed by atoms with Crippen molar-refractivity contribution in [1.82, 2.24) is 0 Å². The maximum atomic E-state index is 13.4. The molecule has 0 fully saturated rings. The minimum Gasteiger partial charge on any atom is -0.325 e. The number of nitrogens with one attached hydrogen (secondary N) is 2. The van der Waals surface area contributed by atoms with Gasteiger partial charge in [0, 0.05) is 13.0 Å². The molecule has 2 rings (SSSR count). The molecule has 0 saturated heterocycles. The van der Waals surface area contributed by atoms with E-state index in [1.54, 1.807) is 12.1 Å². The maximum absolute atomic E-state index is 13.4. The van der Waals surface area contributed by atoms with Crippen LogP contribution in [0.4, 0.5) is 15.8 Å². The van der Waals surface area contributed by atoms with Crippen molar-refractivity contribution in [2.45, 2.75) is 18.7 Å². The number of hydrogen-bond donors (Lipinski definition) is 2. The van der Waals surface area contributed by atoms with Gasteiger partial charge < -0.3 is 5.32 Å². The van der Waals surface area contributed by atoms with Crippen LogP contribution in [-0.2, 0) is 14.8 Å². The van der Waals surface area contributed by atoms with Gasteiger partial charge in [-0.25, -0.2) is 12.8 Å². The van der Waals surface area contributed by atoms with E-state index in [2.05, 4.69) is 10.0 Å². The van der Waals surface area contributed by atoms with Crippen LogP contribution in [-0.4, -0.2) is 14.3 Å². The fraction of sp³-hybridized carbons (Fsp3) is 0.133. The third-order valence-corrected chi connectivity index (χ3v) is 4.25. The first-order valence-electron chi connectivity index (χ1n) is 6.44. The number of rotatable bonds is 4. The lowest BCUT2D eigenvalue weighted by atomic mass is 10.2. The highest BCUT2D eigenvalue weighted by atomic mass is 32.2. The Morgan fingerprint density at radius 2 is 1.68 bits per heavy atom. The first kappa shape index (κ1) is 16.0. The highest BCUT2D eigenvalue weighted by Crippen LogP contribution is 2.26. The quantitative estimate of drug-likeness (QED) is 0.909. The molecule has 0 aliphatic rings. The van der Waals surface area contributed by atoms with Crippen LogP contribution in [0.25, 0.3) is 0 Å². The second-order valence-corrected chi connectivity index (χ2v) is 6.47. The van der Waals surface area contributed by atoms with Crippen LogP contribution in [0.5, 0.6) is 0 Å². The van der Waals surface area contributed by atoms with Gasteiger partial charge in [0.2, 0.25) is 5.91 Å². The standard InChI is InChI=1S/C15H15FN2O3S/c1-10-3-6-13(7-4-10)22(20,21)18-15-9-12(16)5-8-14(15)17-11(2)19/h3-9,18H,1-2H3,(H,17,19). The first-order chi connectivity index (χ1) is 10.3. The van der Waals surface area contributed by atoms with Crippen molar-refractivity contribution in [2.24, 2.45) is 0 Å². The third-order valence-electron chi connectivity index (χ3n) is 2.87. The van der Waals surface area contributed by atoms with Gasteiger partial charge in [0.25, 0.3) is 10.0 Å². The molecule has 2 aromatic rings. The van der Waals surface area contributed by atoms with Crippen molar-refractivity contribution in [3.8, 4) is 0 Å². The number of amides is 1. The molecule has 116 valence electrons. The SMILES string of the molecule is CC(=O)Nc1ccc(F)cc1NS(=O)(=O)c1ccc(C)cc1. The molecule has 0 atom stereocenters. The molecule has 0 bridgehead atoms. The van der Waals surface area contributed by atoms with Crippen molar-refractivity contribution < 1.29 is 17.6 Å². The molecule has 0 unspecified atom stereocenters. The molecule has 0 radical (unpaired) electrons. The molecule has 22 heavy (non-hydrogen) atoms. The average Bonchev–Trinajstić information content (AvgIpc) is 2.41. The number of hydrogen-bond acceptors (Lipinski definition) is 3. The van der Waals surface area contributed by atoms with Crippen molar-refractivity contribution in [2.75, 3.05) is 10.0 Å². The second-order valence-electron chi connectivity index (χ2n) is 4.79. The summed E-state index contributed by atoms with van der Waals surface area (Å²) in [6.07, 6.45) is 0. The summed E-state index contributed by atoms with van der Waals surface area (Å²) >= 11 is 0. The van der Waals surface area contributed by atoms with E-state index in [9.17, 15) is 17.6 Å². The zero-order valence-electron chi connectivity index (χ0n) is 12.1. The van der Waals surface area contributed by atoms with Gasteiger partial charge >= 0.3 is 0 Å². The van der Waals surface area contributed by atoms with Gasteiger partial charge in [0.1, 0.15) is 5.82 Å². The van der Waals surface area contributed by atoms with Crippen LogP contribution in [0.1, 0.15) is 12.5 Å². The Labute approximate surface area is 128 Å². The molecule has 7 heteroatoms. The van der Waals surface area contributed by atoms with Crippen LogP contribution in [0.15, 0.2) is 47.4 Å². The lowest BCUT2D eigenvalue weighted by molar-refractivity contribution is -0.114. The lowest BCUT2D eigenvalue weighted by Gasteiger charge is -2.13. The minimum absolute atomic E-state index is 0.0317. The maximum Gasteiger partial charge on any atom is 0.261 e. The molecule has 2 N–H and O–H groups in total. The Balaban J connectivity index is 2.38. The highest BCUT2D eigenvalue weighted by molar-refractivity contribution is 7.92. The summed E-state index contributed by atoms with van der Waals surface area (Å²) in [4.78, 5) is 11.2. The molecule has 1 amide bonds. The Morgan fingerprint density at radius 3 is 2.27 bits per heavy atom. The summed E-state index contributed by atoms with van der Waals surface area (Å²) < 4.78 is 40.3. The molecule has 0 aliphatic heterocycles. The molecule has 5 nitrogen and oxygen atoms in total. The van der Waals surface area contributed by atoms with Crippen LogP contribution in [0, 0.1) is 12.7 Å². The molecular formula is C15H15FN2O3S. The normalized spacial score (nSPS) is 11.0. The molecule has 0 spiro atoms. The zero-order chi connectivity index (χ0) is 16.3. The summed E-state index contributed by atoms with van der Waals surface area (Å²) in [5, 5.41) is 2.45. The second kappa shape index (κ2) is 6.15. The smallest absolute Gasteiger partial charge is 0.261 e. The van der Waals surface area contributed by atoms with Gasteiger partial charge in [0.05, 0.1) is 16.3 Å². The molecule has 0 aromatic heterocycles. The largest absolute Gasteiger partial charge is 0.325 e. The number of aryl methyl sites for hydroxylation is 1. The molecule has 0 aliphatic carbocycles. The van der Waals surface area contributed by atoms with E-state index >= 15 is 0 Å². The van der Waals surface area contributed by atoms with E-state index in [1.165, 1.54) is 25.1 Å². The molecule has 0 heterocycles. The van der Waals surface area contributed by atoms with E-state index in [0.29, 0.717) is 0 Å². The van der Waals surface area contributed by atoms with Gasteiger partial charge in [-0.05, 0) is 31.2 Å². The number of carbonyl (C=O) groups is 1. The van der Waals surface area contributed by atoms with Crippen LogP contribution in [0.3, 0.4) is 0 Å². The first-order valence-corrected chi connectivity index (χ1v) is 7.93. The van der Waals surface area contributed by atoms with Crippen molar-refractivity contribution in [1.29, 1.82) is 0 Å². The number of carbonyl (C=O) groups excluding carboxylic acids is 1. The summed E-state index contributed by atoms with van der Waals surface area (Å²) in [5.74, 6) is -1.00. The number of anilines is 2. The van der Waals surface area contributed by atoms with Gasteiger partial charge in [-0.1, -0.05) is 17.7 Å². The molecule has 2 aromatic carbocycles. The topological polar surface area (TPSA) is 75.3 Å². The van der Waals surface area contributed by atoms with Gasteiger partial charge in [-0.15, -0.1) is 0 Å². The molecule has 0 saturated carbocycles. The summed E-state index contributed by atoms with van der Waals surface area (Å²) in [7, 11) is -3.87. The summed E-state index contributed by atoms with van der Waals surface area (Å²) in [5.41, 5.74) is 1.07. The predicted octanol–water partition coefficient (Wildman–Crippen LogP) is 2.89. The summed E-state index contributed by atoms with van der Waals surface area (Å²) in [6, 6.07) is 9.67. The lowest BCUT2D eigenvalue weighted by Crippen LogP contribution is -2.16. The molecular weight excluding hydrogens is 307 g/mol. The fourth-order valence-corrected chi connectivity index (χ4v) is 2.89. The van der Waals surface area contributed by atoms with E-state index in [0.717, 1.165) is 17.7 Å². The van der Waals surface area contributed by atoms with E-state index < -0.39 is 15.8 Å². The van der Waals surface area contributed by atoms with Gasteiger partial charge in [-0.2, -0.15) is 0 Å². The summed E-state index contributed by atoms with van der Waals surface area (Å²) in [6.45, 7) is 3.12. The van der Waals surface area contributed by atoms with Crippen molar-refractivity contribution in [3.63, 3.8) is 0 Å². The fourth-order valence-electron chi connectivity index (χ4n) is 1.82. The third kappa shape index (κ3) is 3.82. The Morgan fingerprint density at radius 1 is 1.05 bits per heavy atom. The number of sulfonamides is 1.